The van der Waals surface area contributed by atoms with Crippen molar-refractivity contribution in [2.24, 2.45) is 5.92 Å². The lowest BCUT2D eigenvalue weighted by Gasteiger charge is -2.34. The average molecular weight is 609 g/mol. The number of carbonyl (C=O) groups is 2. The summed E-state index contributed by atoms with van der Waals surface area (Å²) in [5.74, 6) is -1.56. The topological polar surface area (TPSA) is 86.8 Å². The van der Waals surface area contributed by atoms with Crippen molar-refractivity contribution in [2.75, 3.05) is 23.7 Å². The molecule has 0 radical (unpaired) electrons. The van der Waals surface area contributed by atoms with Gasteiger partial charge in [0.2, 0.25) is 21.8 Å². The van der Waals surface area contributed by atoms with Crippen LogP contribution in [-0.2, 0) is 32.6 Å². The third kappa shape index (κ3) is 8.94. The van der Waals surface area contributed by atoms with Crippen molar-refractivity contribution in [3.63, 3.8) is 0 Å². The van der Waals surface area contributed by atoms with Crippen LogP contribution >= 0.6 is 23.2 Å². The minimum absolute atomic E-state index is 0.0100. The van der Waals surface area contributed by atoms with Crippen LogP contribution in [0.2, 0.25) is 10.0 Å². The van der Waals surface area contributed by atoms with Crippen molar-refractivity contribution in [1.29, 1.82) is 0 Å². The Morgan fingerprint density at radius 1 is 0.975 bits per heavy atom. The molecule has 0 fully saturated rings. The third-order valence-electron chi connectivity index (χ3n) is 6.09. The molecule has 0 bridgehead atoms. The van der Waals surface area contributed by atoms with E-state index < -0.39 is 40.2 Å². The average Bonchev–Trinajstić information content (AvgIpc) is 2.88. The Kier molecular flexibility index (Phi) is 11.0. The summed E-state index contributed by atoms with van der Waals surface area (Å²) in [5.41, 5.74) is 1.31. The van der Waals surface area contributed by atoms with Gasteiger partial charge in [0, 0.05) is 29.6 Å². The summed E-state index contributed by atoms with van der Waals surface area (Å²) < 4.78 is 40.3. The summed E-state index contributed by atoms with van der Waals surface area (Å²) in [5, 5.41) is 3.59. The summed E-state index contributed by atoms with van der Waals surface area (Å²) in [4.78, 5) is 28.9. The van der Waals surface area contributed by atoms with Crippen molar-refractivity contribution in [3.8, 4) is 0 Å². The van der Waals surface area contributed by atoms with E-state index in [-0.39, 0.29) is 29.6 Å². The van der Waals surface area contributed by atoms with Gasteiger partial charge in [0.25, 0.3) is 0 Å². The van der Waals surface area contributed by atoms with E-state index in [1.165, 1.54) is 29.2 Å². The molecule has 40 heavy (non-hydrogen) atoms. The Balaban J connectivity index is 2.07. The van der Waals surface area contributed by atoms with Crippen LogP contribution in [0.1, 0.15) is 25.0 Å². The predicted molar refractivity (Wildman–Crippen MR) is 157 cm³/mol. The molecule has 0 aromatic heterocycles. The lowest BCUT2D eigenvalue weighted by molar-refractivity contribution is -0.140. The summed E-state index contributed by atoms with van der Waals surface area (Å²) in [6.07, 6.45) is 1.10. The smallest absolute Gasteiger partial charge is 0.244 e. The number of nitrogens with one attached hydrogen (secondary N) is 1. The zero-order chi connectivity index (χ0) is 29.4. The highest BCUT2D eigenvalue weighted by Gasteiger charge is 2.33. The first-order valence-electron chi connectivity index (χ1n) is 12.6. The minimum atomic E-state index is -4.00. The molecule has 0 unspecified atom stereocenters. The summed E-state index contributed by atoms with van der Waals surface area (Å²) in [6, 6.07) is 17.9. The lowest BCUT2D eigenvalue weighted by Crippen LogP contribution is -2.53. The Morgan fingerprint density at radius 2 is 1.68 bits per heavy atom. The Labute approximate surface area is 244 Å². The fourth-order valence-electron chi connectivity index (χ4n) is 4.05. The maximum absolute atomic E-state index is 14.0. The van der Waals surface area contributed by atoms with Gasteiger partial charge >= 0.3 is 0 Å². The number of carbonyl (C=O) groups excluding carboxylic acids is 2. The van der Waals surface area contributed by atoms with Gasteiger partial charge < -0.3 is 10.2 Å². The number of hydrogen-bond donors (Lipinski definition) is 1. The lowest BCUT2D eigenvalue weighted by atomic mass is 10.0. The van der Waals surface area contributed by atoms with Gasteiger partial charge in [0.15, 0.2) is 0 Å². The van der Waals surface area contributed by atoms with Gasteiger partial charge in [-0.15, -0.1) is 0 Å². The second-order valence-electron chi connectivity index (χ2n) is 9.85. The number of rotatable bonds is 12. The van der Waals surface area contributed by atoms with Gasteiger partial charge in [-0.2, -0.15) is 0 Å². The van der Waals surface area contributed by atoms with Crippen LogP contribution in [0, 0.1) is 11.7 Å². The van der Waals surface area contributed by atoms with Crippen LogP contribution in [0.5, 0.6) is 0 Å². The van der Waals surface area contributed by atoms with E-state index in [9.17, 15) is 22.4 Å². The first kappa shape index (κ1) is 31.4. The molecule has 0 aliphatic carbocycles. The van der Waals surface area contributed by atoms with Gasteiger partial charge in [-0.25, -0.2) is 12.8 Å². The third-order valence-corrected chi connectivity index (χ3v) is 7.81. The number of anilines is 1. The maximum atomic E-state index is 14.0. The monoisotopic (exact) mass is 607 g/mol. The van der Waals surface area contributed by atoms with E-state index in [0.29, 0.717) is 17.1 Å². The van der Waals surface area contributed by atoms with E-state index in [2.05, 4.69) is 5.32 Å². The number of sulfonamides is 1. The highest BCUT2D eigenvalue weighted by molar-refractivity contribution is 7.92. The normalized spacial score (nSPS) is 12.2. The Hall–Kier alpha value is -3.14. The van der Waals surface area contributed by atoms with E-state index in [1.54, 1.807) is 12.1 Å². The van der Waals surface area contributed by atoms with Crippen LogP contribution in [-0.4, -0.2) is 50.5 Å². The molecule has 2 amide bonds. The van der Waals surface area contributed by atoms with Crippen molar-refractivity contribution in [1.82, 2.24) is 10.2 Å². The number of halogens is 3. The molecule has 11 heteroatoms. The quantitative estimate of drug-likeness (QED) is 0.302. The van der Waals surface area contributed by atoms with Crippen LogP contribution in [0.3, 0.4) is 0 Å². The van der Waals surface area contributed by atoms with Crippen LogP contribution in [0.25, 0.3) is 0 Å². The molecule has 3 aromatic carbocycles. The maximum Gasteiger partial charge on any atom is 0.244 e. The van der Waals surface area contributed by atoms with E-state index >= 15 is 0 Å². The minimum Gasteiger partial charge on any atom is -0.354 e. The zero-order valence-electron chi connectivity index (χ0n) is 22.5. The van der Waals surface area contributed by atoms with E-state index in [4.69, 9.17) is 23.2 Å². The van der Waals surface area contributed by atoms with Gasteiger partial charge in [0.1, 0.15) is 18.4 Å². The number of amides is 2. The first-order valence-corrected chi connectivity index (χ1v) is 15.2. The van der Waals surface area contributed by atoms with Crippen molar-refractivity contribution < 1.29 is 22.4 Å². The second kappa shape index (κ2) is 14.0. The standard InChI is InChI=1S/C29H32Cl2FN3O4S/c1-20(2)17-33-29(37)27(14-21-8-5-4-6-9-21)34(18-22-12-13-23(30)15-26(22)31)28(36)19-35(40(3,38)39)25-11-7-10-24(32)16-25/h4-13,15-16,20,27H,14,17-19H2,1-3H3,(H,33,37)/t27-/m1/s1. The molecule has 0 saturated heterocycles. The largest absolute Gasteiger partial charge is 0.354 e. The summed E-state index contributed by atoms with van der Waals surface area (Å²) in [7, 11) is -4.00. The molecule has 0 spiro atoms. The van der Waals surface area contributed by atoms with Gasteiger partial charge in [0.05, 0.1) is 11.9 Å². The van der Waals surface area contributed by atoms with Crippen molar-refractivity contribution >= 4 is 50.7 Å². The zero-order valence-corrected chi connectivity index (χ0v) is 24.8. The van der Waals surface area contributed by atoms with E-state index in [1.807, 2.05) is 44.2 Å². The molecular weight excluding hydrogens is 576 g/mol. The Bertz CT molecular complexity index is 1440. The molecule has 0 saturated carbocycles. The molecule has 3 rings (SSSR count). The number of benzene rings is 3. The molecule has 0 aliphatic heterocycles. The highest BCUT2D eigenvalue weighted by atomic mass is 35.5. The molecule has 3 aromatic rings. The number of nitrogens with zero attached hydrogens (tertiary/aromatic N) is 2. The summed E-state index contributed by atoms with van der Waals surface area (Å²) in [6.45, 7) is 3.53. The van der Waals surface area contributed by atoms with E-state index in [0.717, 1.165) is 22.2 Å². The van der Waals surface area contributed by atoms with Crippen LogP contribution < -0.4 is 9.62 Å². The molecule has 0 heterocycles. The van der Waals surface area contributed by atoms with Gasteiger partial charge in [-0.1, -0.05) is 79.5 Å². The molecule has 7 nitrogen and oxygen atoms in total. The predicted octanol–water partition coefficient (Wildman–Crippen LogP) is 5.31. The van der Waals surface area contributed by atoms with Crippen molar-refractivity contribution in [2.45, 2.75) is 32.9 Å². The number of hydrogen-bond acceptors (Lipinski definition) is 4. The van der Waals surface area contributed by atoms with Gasteiger partial charge in [-0.3, -0.25) is 13.9 Å². The molecule has 1 atom stereocenters. The highest BCUT2D eigenvalue weighted by Crippen LogP contribution is 2.25. The molecule has 1 N–H and O–H groups in total. The van der Waals surface area contributed by atoms with Gasteiger partial charge in [-0.05, 0) is 47.4 Å². The molecule has 0 aliphatic rings. The first-order chi connectivity index (χ1) is 18.8. The van der Waals surface area contributed by atoms with Crippen LogP contribution in [0.15, 0.2) is 72.8 Å². The Morgan fingerprint density at radius 3 is 2.27 bits per heavy atom. The molecular formula is C29H32Cl2FN3O4S. The van der Waals surface area contributed by atoms with Crippen molar-refractivity contribution in [3.05, 3.63) is 99.8 Å². The fourth-order valence-corrected chi connectivity index (χ4v) is 5.36. The SMILES string of the molecule is CC(C)CNC(=O)[C@@H](Cc1ccccc1)N(Cc1ccc(Cl)cc1Cl)C(=O)CN(c1cccc(F)c1)S(C)(=O)=O. The molecule has 214 valence electrons. The second-order valence-corrected chi connectivity index (χ2v) is 12.6. The fraction of sp³-hybridized carbons (Fsp3) is 0.310. The summed E-state index contributed by atoms with van der Waals surface area (Å²) >= 11 is 12.5. The van der Waals surface area contributed by atoms with Crippen LogP contribution in [0.4, 0.5) is 10.1 Å².